The van der Waals surface area contributed by atoms with Crippen molar-refractivity contribution in [2.75, 3.05) is 0 Å². The Morgan fingerprint density at radius 2 is 1.29 bits per heavy atom. The number of alkyl carbamates (subject to hydrolysis) is 1. The lowest BCUT2D eigenvalue weighted by atomic mass is 9.89. The number of hydrogen-bond acceptors (Lipinski definition) is 7. The highest BCUT2D eigenvalue weighted by Gasteiger charge is 2.37. The lowest BCUT2D eigenvalue weighted by Gasteiger charge is -2.27. The van der Waals surface area contributed by atoms with Crippen LogP contribution >= 0.6 is 0 Å². The van der Waals surface area contributed by atoms with Crippen LogP contribution in [0.4, 0.5) is 4.79 Å². The number of ether oxygens (including phenoxy) is 3. The third-order valence-electron chi connectivity index (χ3n) is 5.87. The molecule has 1 atom stereocenters. The Bertz CT molecular complexity index is 1370. The van der Waals surface area contributed by atoms with E-state index in [1.165, 1.54) is 0 Å². The van der Waals surface area contributed by atoms with E-state index in [1.807, 2.05) is 18.2 Å². The molecule has 3 rings (SSSR count). The van der Waals surface area contributed by atoms with Crippen molar-refractivity contribution in [3.05, 3.63) is 83.4 Å². The number of benzene rings is 3. The molecule has 0 aliphatic heterocycles. The fraction of sp³-hybridized carbons (Fsp3) is 0.375. The lowest BCUT2D eigenvalue weighted by Crippen LogP contribution is -2.42. The van der Waals surface area contributed by atoms with Gasteiger partial charge in [0.1, 0.15) is 23.9 Å². The maximum Gasteiger partial charge on any atom is 0.408 e. The molecule has 0 spiro atoms. The van der Waals surface area contributed by atoms with Crippen molar-refractivity contribution in [1.29, 1.82) is 0 Å². The van der Waals surface area contributed by atoms with Crippen LogP contribution in [0, 0.1) is 0 Å². The fourth-order valence-electron chi connectivity index (χ4n) is 4.21. The smallest absolute Gasteiger partial charge is 0.408 e. The highest BCUT2D eigenvalue weighted by atomic mass is 16.6. The third kappa shape index (κ3) is 9.06. The Morgan fingerprint density at radius 3 is 1.83 bits per heavy atom. The molecule has 0 saturated carbocycles. The average Bonchev–Trinajstić information content (AvgIpc) is 2.86. The first-order valence-electron chi connectivity index (χ1n) is 13.3. The van der Waals surface area contributed by atoms with Crippen LogP contribution in [0.5, 0.6) is 0 Å². The standard InChI is InChI=1S/C32H37NO8/c1-31(2,3)40-28(36)26(29(37)41-32(4,5)6)24-17-16-21(22-14-10-11-15-23(22)24)18-25(27(34)35)33-30(38)39-19-20-12-8-7-9-13-20/h7-17,25-26H,18-19H2,1-6H3,(H,33,38)(H,34,35)/t25-/m0/s1. The first-order valence-corrected chi connectivity index (χ1v) is 13.3. The van der Waals surface area contributed by atoms with Crippen molar-refractivity contribution < 1.29 is 38.5 Å². The summed E-state index contributed by atoms with van der Waals surface area (Å²) in [6, 6.07) is 18.0. The Morgan fingerprint density at radius 1 is 0.756 bits per heavy atom. The van der Waals surface area contributed by atoms with E-state index in [9.17, 15) is 24.3 Å². The number of nitrogens with one attached hydrogen (secondary N) is 1. The number of carboxylic acids is 1. The van der Waals surface area contributed by atoms with Crippen molar-refractivity contribution in [3.63, 3.8) is 0 Å². The first kappa shape index (κ1) is 31.1. The SMILES string of the molecule is CC(C)(C)OC(=O)C(C(=O)OC(C)(C)C)c1ccc(C[C@H](NC(=O)OCc2ccccc2)C(=O)O)c2ccccc12. The van der Waals surface area contributed by atoms with E-state index in [1.54, 1.807) is 90.1 Å². The minimum atomic E-state index is -1.37. The largest absolute Gasteiger partial charge is 0.480 e. The highest BCUT2D eigenvalue weighted by Crippen LogP contribution is 2.33. The normalized spacial score (nSPS) is 12.5. The number of fused-ring (bicyclic) bond motifs is 1. The molecule has 9 heteroatoms. The molecule has 3 aromatic rings. The Hall–Kier alpha value is -4.40. The van der Waals surface area contributed by atoms with Crippen LogP contribution in [0.1, 0.15) is 64.2 Å². The summed E-state index contributed by atoms with van der Waals surface area (Å²) in [5.41, 5.74) is 0.0355. The van der Waals surface area contributed by atoms with Gasteiger partial charge in [0.05, 0.1) is 0 Å². The van der Waals surface area contributed by atoms with Gasteiger partial charge < -0.3 is 24.6 Å². The van der Waals surface area contributed by atoms with E-state index in [0.717, 1.165) is 5.56 Å². The van der Waals surface area contributed by atoms with Gasteiger partial charge in [0.15, 0.2) is 5.92 Å². The minimum absolute atomic E-state index is 0.00659. The predicted octanol–water partition coefficient (Wildman–Crippen LogP) is 5.53. The van der Waals surface area contributed by atoms with E-state index in [0.29, 0.717) is 21.9 Å². The lowest BCUT2D eigenvalue weighted by molar-refractivity contribution is -0.169. The summed E-state index contributed by atoms with van der Waals surface area (Å²) in [6.07, 6.45) is -0.933. The Balaban J connectivity index is 1.93. The zero-order chi connectivity index (χ0) is 30.4. The number of amides is 1. The summed E-state index contributed by atoms with van der Waals surface area (Å²) in [6.45, 7) is 10.3. The second-order valence-corrected chi connectivity index (χ2v) is 11.7. The monoisotopic (exact) mass is 563 g/mol. The molecular weight excluding hydrogens is 526 g/mol. The van der Waals surface area contributed by atoms with Gasteiger partial charge in [-0.1, -0.05) is 66.7 Å². The highest BCUT2D eigenvalue weighted by molar-refractivity contribution is 6.05. The average molecular weight is 564 g/mol. The molecule has 3 aromatic carbocycles. The molecule has 0 unspecified atom stereocenters. The van der Waals surface area contributed by atoms with Crippen molar-refractivity contribution >= 4 is 34.8 Å². The Kier molecular flexibility index (Phi) is 9.75. The van der Waals surface area contributed by atoms with Gasteiger partial charge in [-0.2, -0.15) is 0 Å². The molecule has 0 aliphatic carbocycles. The van der Waals surface area contributed by atoms with E-state index in [-0.39, 0.29) is 13.0 Å². The molecule has 0 bridgehead atoms. The first-order chi connectivity index (χ1) is 19.1. The molecule has 41 heavy (non-hydrogen) atoms. The second-order valence-electron chi connectivity index (χ2n) is 11.7. The van der Waals surface area contributed by atoms with E-state index >= 15 is 0 Å². The molecule has 0 aliphatic rings. The fourth-order valence-corrected chi connectivity index (χ4v) is 4.21. The topological polar surface area (TPSA) is 128 Å². The zero-order valence-corrected chi connectivity index (χ0v) is 24.2. The van der Waals surface area contributed by atoms with Crippen LogP contribution in [-0.4, -0.2) is 46.4 Å². The van der Waals surface area contributed by atoms with Crippen LogP contribution in [0.15, 0.2) is 66.7 Å². The Labute approximate surface area is 239 Å². The molecule has 218 valence electrons. The summed E-state index contributed by atoms with van der Waals surface area (Å²) in [4.78, 5) is 51.1. The van der Waals surface area contributed by atoms with Crippen LogP contribution in [0.3, 0.4) is 0 Å². The summed E-state index contributed by atoms with van der Waals surface area (Å²) in [7, 11) is 0. The molecule has 0 aromatic heterocycles. The summed E-state index contributed by atoms with van der Waals surface area (Å²) < 4.78 is 16.4. The van der Waals surface area contributed by atoms with Crippen LogP contribution in [0.25, 0.3) is 10.8 Å². The van der Waals surface area contributed by atoms with Gasteiger partial charge in [-0.3, -0.25) is 9.59 Å². The van der Waals surface area contributed by atoms with E-state index in [2.05, 4.69) is 5.32 Å². The molecule has 1 amide bonds. The van der Waals surface area contributed by atoms with Gasteiger partial charge in [0, 0.05) is 6.42 Å². The van der Waals surface area contributed by atoms with Gasteiger partial charge in [0.2, 0.25) is 0 Å². The van der Waals surface area contributed by atoms with Gasteiger partial charge in [0.25, 0.3) is 0 Å². The summed E-state index contributed by atoms with van der Waals surface area (Å²) in [5.74, 6) is -4.12. The maximum atomic E-state index is 13.3. The number of carbonyl (C=O) groups excluding carboxylic acids is 3. The van der Waals surface area contributed by atoms with E-state index < -0.39 is 47.2 Å². The number of hydrogen-bond donors (Lipinski definition) is 2. The molecule has 9 nitrogen and oxygen atoms in total. The van der Waals surface area contributed by atoms with Gasteiger partial charge >= 0.3 is 24.0 Å². The predicted molar refractivity (Wildman–Crippen MR) is 153 cm³/mol. The van der Waals surface area contributed by atoms with Crippen LogP contribution in [0.2, 0.25) is 0 Å². The van der Waals surface area contributed by atoms with Crippen molar-refractivity contribution in [2.45, 2.75) is 77.7 Å². The van der Waals surface area contributed by atoms with Crippen molar-refractivity contribution in [2.24, 2.45) is 0 Å². The molecule has 0 radical (unpaired) electrons. The van der Waals surface area contributed by atoms with Crippen LogP contribution in [-0.2, 0) is 41.6 Å². The second kappa shape index (κ2) is 12.8. The zero-order valence-electron chi connectivity index (χ0n) is 24.2. The summed E-state index contributed by atoms with van der Waals surface area (Å²) >= 11 is 0. The number of carbonyl (C=O) groups is 4. The number of rotatable bonds is 9. The number of esters is 2. The van der Waals surface area contributed by atoms with E-state index in [4.69, 9.17) is 14.2 Å². The number of aliphatic carboxylic acids is 1. The van der Waals surface area contributed by atoms with Crippen molar-refractivity contribution in [1.82, 2.24) is 5.32 Å². The van der Waals surface area contributed by atoms with Gasteiger partial charge in [-0.25, -0.2) is 9.59 Å². The molecule has 0 fully saturated rings. The minimum Gasteiger partial charge on any atom is -0.480 e. The quantitative estimate of drug-likeness (QED) is 0.198. The molecule has 0 saturated heterocycles. The van der Waals surface area contributed by atoms with Gasteiger partial charge in [-0.15, -0.1) is 0 Å². The molecule has 0 heterocycles. The molecule has 2 N–H and O–H groups in total. The third-order valence-corrected chi connectivity index (χ3v) is 5.87. The number of carboxylic acid groups (broad SMARTS) is 1. The van der Waals surface area contributed by atoms with Crippen molar-refractivity contribution in [3.8, 4) is 0 Å². The summed E-state index contributed by atoms with van der Waals surface area (Å²) in [5, 5.41) is 13.4. The maximum absolute atomic E-state index is 13.3. The molecular formula is C32H37NO8. The van der Waals surface area contributed by atoms with Gasteiger partial charge in [-0.05, 0) is 69.0 Å². The van der Waals surface area contributed by atoms with Crippen LogP contribution < -0.4 is 5.32 Å².